The first-order valence-electron chi connectivity index (χ1n) is 10.2. The molecule has 0 radical (unpaired) electrons. The monoisotopic (exact) mass is 406 g/mol. The van der Waals surface area contributed by atoms with Crippen molar-refractivity contribution in [1.29, 1.82) is 0 Å². The highest BCUT2D eigenvalue weighted by Gasteiger charge is 2.30. The Morgan fingerprint density at radius 1 is 0.871 bits per heavy atom. The van der Waals surface area contributed by atoms with Crippen molar-refractivity contribution < 1.29 is 0 Å². The van der Waals surface area contributed by atoms with E-state index in [-0.39, 0.29) is 12.1 Å². The maximum atomic E-state index is 4.73. The molecule has 0 saturated heterocycles. The Morgan fingerprint density at radius 3 is 2.10 bits per heavy atom. The first kappa shape index (κ1) is 18.9. The number of aromatic nitrogens is 2. The van der Waals surface area contributed by atoms with Gasteiger partial charge in [-0.2, -0.15) is 5.10 Å². The Morgan fingerprint density at radius 2 is 1.48 bits per heavy atom. The molecule has 2 atom stereocenters. The molecule has 1 aliphatic carbocycles. The molecule has 5 rings (SSSR count). The Kier molecular flexibility index (Phi) is 5.10. The van der Waals surface area contributed by atoms with Crippen molar-refractivity contribution in [3.8, 4) is 22.5 Å². The number of benzene rings is 2. The number of nitrogens with one attached hydrogen (secondary N) is 1. The molecule has 6 nitrogen and oxygen atoms in total. The fourth-order valence-electron chi connectivity index (χ4n) is 3.74. The lowest BCUT2D eigenvalue weighted by atomic mass is 10.0. The van der Waals surface area contributed by atoms with Crippen LogP contribution in [0.1, 0.15) is 0 Å². The van der Waals surface area contributed by atoms with Crippen LogP contribution in [0.4, 0.5) is 5.95 Å². The normalized spacial score (nSPS) is 19.5. The summed E-state index contributed by atoms with van der Waals surface area (Å²) in [7, 11) is 2.03. The number of aliphatic imine (C=N–C) groups is 1. The van der Waals surface area contributed by atoms with Crippen LogP contribution >= 0.6 is 0 Å². The van der Waals surface area contributed by atoms with Crippen molar-refractivity contribution in [2.24, 2.45) is 10.1 Å². The maximum absolute atomic E-state index is 4.73. The molecule has 0 amide bonds. The standard InChI is InChI=1S/C25H22N6/c1-31-23-15-9-8-14-20(23)27-24(31)17-26-30-25-28-21(18-10-4-2-5-11-18)16-22(29-25)19-12-6-3-7-13-19/h2-17,20,23H,1H3,(H,28,29,30)/b26-17+/t20-,23-/m1/s1. The summed E-state index contributed by atoms with van der Waals surface area (Å²) in [5.41, 5.74) is 6.72. The van der Waals surface area contributed by atoms with Crippen molar-refractivity contribution in [3.63, 3.8) is 0 Å². The van der Waals surface area contributed by atoms with E-state index in [1.807, 2.05) is 79.9 Å². The van der Waals surface area contributed by atoms with Crippen LogP contribution in [0.15, 0.2) is 101 Å². The van der Waals surface area contributed by atoms with E-state index in [0.717, 1.165) is 28.4 Å². The Bertz CT molecular complexity index is 1120. The molecular weight excluding hydrogens is 384 g/mol. The average molecular weight is 406 g/mol. The van der Waals surface area contributed by atoms with Gasteiger partial charge in [-0.15, -0.1) is 0 Å². The van der Waals surface area contributed by atoms with Crippen LogP contribution in [0.2, 0.25) is 0 Å². The Hall–Kier alpha value is -4.06. The highest BCUT2D eigenvalue weighted by atomic mass is 15.4. The smallest absolute Gasteiger partial charge is 0.244 e. The van der Waals surface area contributed by atoms with Crippen LogP contribution in [0, 0.1) is 0 Å². The average Bonchev–Trinajstić information content (AvgIpc) is 3.15. The number of hydrazone groups is 1. The molecule has 2 aliphatic rings. The zero-order valence-electron chi connectivity index (χ0n) is 17.1. The fraction of sp³-hybridized carbons (Fsp3) is 0.120. The number of anilines is 1. The molecule has 0 spiro atoms. The quantitative estimate of drug-likeness (QED) is 0.503. The maximum Gasteiger partial charge on any atom is 0.244 e. The molecule has 1 aliphatic heterocycles. The third-order valence-corrected chi connectivity index (χ3v) is 5.38. The molecule has 1 aromatic heterocycles. The van der Waals surface area contributed by atoms with E-state index in [2.05, 4.69) is 43.6 Å². The van der Waals surface area contributed by atoms with Gasteiger partial charge in [-0.1, -0.05) is 85.0 Å². The molecule has 1 N–H and O–H groups in total. The summed E-state index contributed by atoms with van der Waals surface area (Å²) in [5, 5.41) is 4.38. The predicted molar refractivity (Wildman–Crippen MR) is 126 cm³/mol. The highest BCUT2D eigenvalue weighted by molar-refractivity contribution is 6.30. The van der Waals surface area contributed by atoms with Gasteiger partial charge in [-0.3, -0.25) is 4.99 Å². The summed E-state index contributed by atoms with van der Waals surface area (Å²) in [6.45, 7) is 0. The van der Waals surface area contributed by atoms with Crippen molar-refractivity contribution >= 4 is 18.0 Å². The minimum absolute atomic E-state index is 0.138. The number of likely N-dealkylation sites (N-methyl/N-ethyl adjacent to an activating group) is 1. The molecule has 2 aromatic carbocycles. The summed E-state index contributed by atoms with van der Waals surface area (Å²) < 4.78 is 0. The highest BCUT2D eigenvalue weighted by Crippen LogP contribution is 2.25. The summed E-state index contributed by atoms with van der Waals surface area (Å²) in [6.07, 6.45) is 10.1. The van der Waals surface area contributed by atoms with Crippen LogP contribution in [0.5, 0.6) is 0 Å². The molecule has 2 heterocycles. The van der Waals surface area contributed by atoms with Crippen molar-refractivity contribution in [3.05, 3.63) is 91.0 Å². The Balaban J connectivity index is 1.43. The van der Waals surface area contributed by atoms with Gasteiger partial charge in [0.05, 0.1) is 29.7 Å². The van der Waals surface area contributed by atoms with Crippen molar-refractivity contribution in [2.75, 3.05) is 12.5 Å². The minimum Gasteiger partial charge on any atom is -0.350 e. The third-order valence-electron chi connectivity index (χ3n) is 5.38. The Labute approximate surface area is 181 Å². The van der Waals surface area contributed by atoms with Crippen LogP contribution in [-0.4, -0.2) is 46.0 Å². The first-order chi connectivity index (χ1) is 15.3. The van der Waals surface area contributed by atoms with Crippen molar-refractivity contribution in [2.45, 2.75) is 12.1 Å². The summed E-state index contributed by atoms with van der Waals surface area (Å²) >= 11 is 0. The lowest BCUT2D eigenvalue weighted by Gasteiger charge is -2.22. The minimum atomic E-state index is 0.138. The summed E-state index contributed by atoms with van der Waals surface area (Å²) in [6, 6.07) is 22.5. The van der Waals surface area contributed by atoms with Gasteiger partial charge in [0.2, 0.25) is 5.95 Å². The van der Waals surface area contributed by atoms with Crippen LogP contribution in [0.25, 0.3) is 22.5 Å². The fourth-order valence-corrected chi connectivity index (χ4v) is 3.74. The van der Waals surface area contributed by atoms with Crippen molar-refractivity contribution in [1.82, 2.24) is 14.9 Å². The predicted octanol–water partition coefficient (Wildman–Crippen LogP) is 4.42. The molecule has 0 unspecified atom stereocenters. The molecule has 3 aromatic rings. The summed E-state index contributed by atoms with van der Waals surface area (Å²) in [4.78, 5) is 16.2. The molecule has 31 heavy (non-hydrogen) atoms. The van der Waals surface area contributed by atoms with E-state index in [0.29, 0.717) is 5.95 Å². The molecule has 152 valence electrons. The number of hydrogen-bond acceptors (Lipinski definition) is 6. The van der Waals surface area contributed by atoms with Gasteiger partial charge in [-0.25, -0.2) is 15.4 Å². The lowest BCUT2D eigenvalue weighted by molar-refractivity contribution is 0.440. The number of rotatable bonds is 5. The first-order valence-corrected chi connectivity index (χ1v) is 10.2. The van der Waals surface area contributed by atoms with Gasteiger partial charge in [0.25, 0.3) is 0 Å². The van der Waals surface area contributed by atoms with Crippen LogP contribution in [0.3, 0.4) is 0 Å². The largest absolute Gasteiger partial charge is 0.350 e. The lowest BCUT2D eigenvalue weighted by Crippen LogP contribution is -2.35. The number of amidine groups is 1. The van der Waals surface area contributed by atoms with E-state index in [9.17, 15) is 0 Å². The second kappa shape index (κ2) is 8.36. The zero-order chi connectivity index (χ0) is 21.0. The molecule has 0 fully saturated rings. The van der Waals surface area contributed by atoms with Gasteiger partial charge >= 0.3 is 0 Å². The van der Waals surface area contributed by atoms with Gasteiger partial charge in [0.1, 0.15) is 5.84 Å². The van der Waals surface area contributed by atoms with Gasteiger partial charge < -0.3 is 4.90 Å². The molecule has 0 saturated carbocycles. The SMILES string of the molecule is CN1C(/C=N/Nc2nc(-c3ccccc3)cc(-c3ccccc3)n2)=N[C@@H]2C=CC=C[C@H]21. The number of nitrogens with zero attached hydrogens (tertiary/aromatic N) is 5. The third kappa shape index (κ3) is 4.00. The van der Waals surface area contributed by atoms with Crippen LogP contribution < -0.4 is 5.43 Å². The zero-order valence-corrected chi connectivity index (χ0v) is 17.1. The van der Waals surface area contributed by atoms with E-state index >= 15 is 0 Å². The molecule has 0 bridgehead atoms. The van der Waals surface area contributed by atoms with Crippen LogP contribution in [-0.2, 0) is 0 Å². The van der Waals surface area contributed by atoms with Gasteiger partial charge in [0.15, 0.2) is 0 Å². The van der Waals surface area contributed by atoms with Gasteiger partial charge in [-0.05, 0) is 6.07 Å². The van der Waals surface area contributed by atoms with E-state index < -0.39 is 0 Å². The van der Waals surface area contributed by atoms with E-state index in [1.165, 1.54) is 0 Å². The second-order valence-corrected chi connectivity index (χ2v) is 7.41. The number of hydrogen-bond donors (Lipinski definition) is 1. The second-order valence-electron chi connectivity index (χ2n) is 7.41. The van der Waals surface area contributed by atoms with Gasteiger partial charge in [0, 0.05) is 18.2 Å². The number of fused-ring (bicyclic) bond motifs is 1. The topological polar surface area (TPSA) is 65.8 Å². The molecule has 6 heteroatoms. The van der Waals surface area contributed by atoms with E-state index in [1.54, 1.807) is 6.21 Å². The van der Waals surface area contributed by atoms with E-state index in [4.69, 9.17) is 4.99 Å². The molecular formula is C25H22N6. The number of allylic oxidation sites excluding steroid dienone is 2. The summed E-state index contributed by atoms with van der Waals surface area (Å²) in [5.74, 6) is 1.26.